The van der Waals surface area contributed by atoms with Crippen molar-refractivity contribution in [1.29, 1.82) is 0 Å². The van der Waals surface area contributed by atoms with Crippen LogP contribution in [-0.2, 0) is 16.1 Å². The van der Waals surface area contributed by atoms with Gasteiger partial charge in [0.25, 0.3) is 0 Å². The van der Waals surface area contributed by atoms with Crippen molar-refractivity contribution in [2.45, 2.75) is 19.4 Å². The van der Waals surface area contributed by atoms with Crippen molar-refractivity contribution in [2.75, 3.05) is 25.1 Å². The molecule has 0 saturated carbocycles. The maximum atomic E-state index is 12.7. The van der Waals surface area contributed by atoms with Crippen LogP contribution in [0.15, 0.2) is 48.5 Å². The highest BCUT2D eigenvalue weighted by atomic mass is 35.5. The number of ether oxygens (including phenoxy) is 2. The van der Waals surface area contributed by atoms with Gasteiger partial charge in [0, 0.05) is 36.5 Å². The van der Waals surface area contributed by atoms with E-state index in [9.17, 15) is 4.79 Å². The minimum Gasteiger partial charge on any atom is -0.489 e. The van der Waals surface area contributed by atoms with Gasteiger partial charge in [-0.3, -0.25) is 4.79 Å². The first kappa shape index (κ1) is 18.7. The minimum absolute atomic E-state index is 0.0573. The van der Waals surface area contributed by atoms with Crippen LogP contribution in [0.3, 0.4) is 0 Å². The Labute approximate surface area is 158 Å². The highest BCUT2D eigenvalue weighted by molar-refractivity contribution is 6.30. The average Bonchev–Trinajstić information content (AvgIpc) is 2.68. The lowest BCUT2D eigenvalue weighted by Gasteiger charge is -2.34. The van der Waals surface area contributed by atoms with Crippen LogP contribution in [0.2, 0.25) is 5.02 Å². The Bertz CT molecular complexity index is 743. The third kappa shape index (κ3) is 4.55. The number of halogens is 1. The summed E-state index contributed by atoms with van der Waals surface area (Å²) in [6, 6.07) is 14.9. The minimum atomic E-state index is -0.557. The Balaban J connectivity index is 1.63. The lowest BCUT2D eigenvalue weighted by molar-refractivity contribution is -0.130. The smallest absolute Gasteiger partial charge is 0.232 e. The summed E-state index contributed by atoms with van der Waals surface area (Å²) in [5, 5.41) is 3.67. The molecule has 1 aliphatic rings. The van der Waals surface area contributed by atoms with Crippen LogP contribution in [-0.4, -0.2) is 25.7 Å². The molecule has 1 amide bonds. The fraction of sp³-hybridized carbons (Fsp3) is 0.350. The summed E-state index contributed by atoms with van der Waals surface area (Å²) in [5.41, 5.74) is 7.06. The summed E-state index contributed by atoms with van der Waals surface area (Å²) < 4.78 is 11.2. The van der Waals surface area contributed by atoms with Crippen molar-refractivity contribution in [3.05, 3.63) is 59.1 Å². The number of nitrogens with two attached hydrogens (primary N) is 1. The number of carbonyl (C=O) groups excluding carboxylic acids is 1. The van der Waals surface area contributed by atoms with Gasteiger partial charge >= 0.3 is 0 Å². The van der Waals surface area contributed by atoms with E-state index in [1.165, 1.54) is 0 Å². The van der Waals surface area contributed by atoms with Gasteiger partial charge in [0.2, 0.25) is 5.91 Å². The van der Waals surface area contributed by atoms with E-state index >= 15 is 0 Å². The van der Waals surface area contributed by atoms with E-state index < -0.39 is 5.41 Å². The Hall–Kier alpha value is -2.08. The topological polar surface area (TPSA) is 73.6 Å². The van der Waals surface area contributed by atoms with Crippen LogP contribution in [0, 0.1) is 5.41 Å². The van der Waals surface area contributed by atoms with Crippen molar-refractivity contribution in [2.24, 2.45) is 11.1 Å². The van der Waals surface area contributed by atoms with Crippen molar-refractivity contribution in [3.63, 3.8) is 0 Å². The molecule has 0 unspecified atom stereocenters. The molecule has 2 aromatic carbocycles. The second kappa shape index (κ2) is 8.54. The number of nitrogens with one attached hydrogen (secondary N) is 1. The first-order chi connectivity index (χ1) is 12.6. The molecule has 0 aliphatic carbocycles. The first-order valence-corrected chi connectivity index (χ1v) is 9.06. The molecule has 26 heavy (non-hydrogen) atoms. The summed E-state index contributed by atoms with van der Waals surface area (Å²) in [6.45, 7) is 1.87. The van der Waals surface area contributed by atoms with Gasteiger partial charge in [-0.05, 0) is 42.7 Å². The van der Waals surface area contributed by atoms with Gasteiger partial charge in [0.15, 0.2) is 0 Å². The van der Waals surface area contributed by atoms with Crippen LogP contribution in [0.4, 0.5) is 5.69 Å². The van der Waals surface area contributed by atoms with Crippen LogP contribution in [0.25, 0.3) is 0 Å². The molecule has 1 fully saturated rings. The molecule has 1 heterocycles. The van der Waals surface area contributed by atoms with Gasteiger partial charge in [-0.1, -0.05) is 29.8 Å². The highest BCUT2D eigenvalue weighted by Gasteiger charge is 2.38. The number of anilines is 1. The predicted octanol–water partition coefficient (Wildman–Crippen LogP) is 3.61. The first-order valence-electron chi connectivity index (χ1n) is 8.68. The second-order valence-electron chi connectivity index (χ2n) is 6.49. The Morgan fingerprint density at radius 3 is 2.62 bits per heavy atom. The summed E-state index contributed by atoms with van der Waals surface area (Å²) in [6.07, 6.45) is 1.28. The molecule has 0 aromatic heterocycles. The maximum Gasteiger partial charge on any atom is 0.232 e. The molecule has 1 aliphatic heterocycles. The third-order valence-electron chi connectivity index (χ3n) is 4.73. The number of amides is 1. The SMILES string of the molecule is NCC1(C(=O)Nc2cccc(OCc3ccc(Cl)cc3)c2)CCOCC1. The molecule has 5 nitrogen and oxygen atoms in total. The van der Waals surface area contributed by atoms with Crippen LogP contribution < -0.4 is 15.8 Å². The lowest BCUT2D eigenvalue weighted by Crippen LogP contribution is -2.46. The molecule has 0 spiro atoms. The predicted molar refractivity (Wildman–Crippen MR) is 102 cm³/mol. The number of benzene rings is 2. The van der Waals surface area contributed by atoms with Gasteiger partial charge in [0.05, 0.1) is 5.41 Å². The number of hydrogen-bond acceptors (Lipinski definition) is 4. The van der Waals surface area contributed by atoms with E-state index in [0.29, 0.717) is 55.7 Å². The molecule has 3 rings (SSSR count). The number of carbonyl (C=O) groups is 1. The third-order valence-corrected chi connectivity index (χ3v) is 4.98. The molecule has 0 atom stereocenters. The standard InChI is InChI=1S/C20H23ClN2O3/c21-16-6-4-15(5-7-16)13-26-18-3-1-2-17(12-18)23-19(24)20(14-22)8-10-25-11-9-20/h1-7,12H,8-11,13-14,22H2,(H,23,24). The molecule has 6 heteroatoms. The van der Waals surface area contributed by atoms with Crippen molar-refractivity contribution >= 4 is 23.2 Å². The molecule has 138 valence electrons. The Morgan fingerprint density at radius 2 is 1.92 bits per heavy atom. The average molecular weight is 375 g/mol. The van der Waals surface area contributed by atoms with Crippen LogP contribution in [0.1, 0.15) is 18.4 Å². The van der Waals surface area contributed by atoms with Gasteiger partial charge in [-0.2, -0.15) is 0 Å². The van der Waals surface area contributed by atoms with Crippen LogP contribution >= 0.6 is 11.6 Å². The zero-order valence-electron chi connectivity index (χ0n) is 14.5. The van der Waals surface area contributed by atoms with Crippen molar-refractivity contribution in [1.82, 2.24) is 0 Å². The monoisotopic (exact) mass is 374 g/mol. The second-order valence-corrected chi connectivity index (χ2v) is 6.93. The van der Waals surface area contributed by atoms with Crippen molar-refractivity contribution < 1.29 is 14.3 Å². The zero-order chi connectivity index (χ0) is 18.4. The van der Waals surface area contributed by atoms with Gasteiger partial charge in [-0.15, -0.1) is 0 Å². The largest absolute Gasteiger partial charge is 0.489 e. The van der Waals surface area contributed by atoms with Crippen molar-refractivity contribution in [3.8, 4) is 5.75 Å². The van der Waals surface area contributed by atoms with E-state index in [1.54, 1.807) is 0 Å². The highest BCUT2D eigenvalue weighted by Crippen LogP contribution is 2.31. The van der Waals surface area contributed by atoms with E-state index in [1.807, 2.05) is 48.5 Å². The zero-order valence-corrected chi connectivity index (χ0v) is 15.3. The Morgan fingerprint density at radius 1 is 1.19 bits per heavy atom. The van der Waals surface area contributed by atoms with E-state index in [0.717, 1.165) is 5.56 Å². The summed E-state index contributed by atoms with van der Waals surface area (Å²) >= 11 is 5.89. The normalized spacial score (nSPS) is 16.1. The molecule has 0 radical (unpaired) electrons. The van der Waals surface area contributed by atoms with Crippen LogP contribution in [0.5, 0.6) is 5.75 Å². The van der Waals surface area contributed by atoms with E-state index in [4.69, 9.17) is 26.8 Å². The summed E-state index contributed by atoms with van der Waals surface area (Å²) in [4.78, 5) is 12.7. The fourth-order valence-electron chi connectivity index (χ4n) is 2.96. The summed E-state index contributed by atoms with van der Waals surface area (Å²) in [7, 11) is 0. The Kier molecular flexibility index (Phi) is 6.14. The van der Waals surface area contributed by atoms with Gasteiger partial charge in [-0.25, -0.2) is 0 Å². The fourth-order valence-corrected chi connectivity index (χ4v) is 3.09. The summed E-state index contributed by atoms with van der Waals surface area (Å²) in [5.74, 6) is 0.629. The van der Waals surface area contributed by atoms with Gasteiger partial charge in [0.1, 0.15) is 12.4 Å². The lowest BCUT2D eigenvalue weighted by atomic mass is 9.79. The van der Waals surface area contributed by atoms with Gasteiger partial charge < -0.3 is 20.5 Å². The quantitative estimate of drug-likeness (QED) is 0.810. The molecule has 1 saturated heterocycles. The molecular formula is C20H23ClN2O3. The molecule has 0 bridgehead atoms. The molecule has 2 aromatic rings. The maximum absolute atomic E-state index is 12.7. The molecule has 3 N–H and O–H groups in total. The van der Waals surface area contributed by atoms with E-state index in [-0.39, 0.29) is 5.91 Å². The van der Waals surface area contributed by atoms with E-state index in [2.05, 4.69) is 5.32 Å². The number of hydrogen-bond donors (Lipinski definition) is 2. The molecular weight excluding hydrogens is 352 g/mol. The number of rotatable bonds is 6.